The van der Waals surface area contributed by atoms with Crippen LogP contribution in [0.15, 0.2) is 0 Å². The molecule has 1 fully saturated rings. The third-order valence-electron chi connectivity index (χ3n) is 2.17. The number of carboxylic acids is 1. The molecule has 1 aliphatic heterocycles. The summed E-state index contributed by atoms with van der Waals surface area (Å²) in [6.07, 6.45) is -0.475. The van der Waals surface area contributed by atoms with E-state index in [1.807, 2.05) is 0 Å². The van der Waals surface area contributed by atoms with E-state index >= 15 is 0 Å². The lowest BCUT2D eigenvalue weighted by molar-refractivity contribution is -0.143. The largest absolute Gasteiger partial charge is 0.480 e. The summed E-state index contributed by atoms with van der Waals surface area (Å²) in [5.74, 6) is -1.13. The first kappa shape index (κ1) is 9.79. The Morgan fingerprint density at radius 3 is 2.46 bits per heavy atom. The van der Waals surface area contributed by atoms with Crippen molar-refractivity contribution in [3.05, 3.63) is 0 Å². The summed E-state index contributed by atoms with van der Waals surface area (Å²) in [6.45, 7) is 0.202. The van der Waals surface area contributed by atoms with Gasteiger partial charge in [0.1, 0.15) is 6.04 Å². The van der Waals surface area contributed by atoms with Crippen LogP contribution in [0.1, 0.15) is 12.8 Å². The number of amides is 1. The van der Waals surface area contributed by atoms with Gasteiger partial charge in [-0.3, -0.25) is 4.90 Å². The van der Waals surface area contributed by atoms with Gasteiger partial charge in [0.15, 0.2) is 0 Å². The van der Waals surface area contributed by atoms with Crippen LogP contribution in [0.4, 0.5) is 4.79 Å². The second kappa shape index (κ2) is 3.61. The summed E-state index contributed by atoms with van der Waals surface area (Å²) in [4.78, 5) is 22.2. The third-order valence-corrected chi connectivity index (χ3v) is 2.17. The maximum absolute atomic E-state index is 10.7. The number of likely N-dealkylation sites (tertiary alicyclic amines) is 1. The molecule has 74 valence electrons. The standard InChI is InChI=1S/C7H12N2O4/c8-4-1-2-9(7(12)13)5(3-4)6(10)11/h4-5H,1-3,8H2,(H,10,11)(H,12,13)/t4?,5-/m1/s1. The summed E-state index contributed by atoms with van der Waals surface area (Å²) in [5, 5.41) is 17.4. The van der Waals surface area contributed by atoms with Crippen molar-refractivity contribution in [2.75, 3.05) is 6.54 Å². The molecular formula is C7H12N2O4. The van der Waals surface area contributed by atoms with E-state index in [9.17, 15) is 9.59 Å². The van der Waals surface area contributed by atoms with Gasteiger partial charge in [0.05, 0.1) is 0 Å². The Bertz CT molecular complexity index is 231. The molecule has 2 atom stereocenters. The topological polar surface area (TPSA) is 104 Å². The first-order valence-corrected chi connectivity index (χ1v) is 4.00. The number of nitrogens with two attached hydrogens (primary N) is 1. The lowest BCUT2D eigenvalue weighted by Crippen LogP contribution is -2.52. The summed E-state index contributed by atoms with van der Waals surface area (Å²) in [6, 6.07) is -1.20. The van der Waals surface area contributed by atoms with Gasteiger partial charge >= 0.3 is 12.1 Å². The Morgan fingerprint density at radius 2 is 2.00 bits per heavy atom. The van der Waals surface area contributed by atoms with Gasteiger partial charge in [0, 0.05) is 12.6 Å². The molecule has 6 nitrogen and oxygen atoms in total. The van der Waals surface area contributed by atoms with Crippen molar-refractivity contribution in [1.82, 2.24) is 4.90 Å². The molecule has 0 saturated carbocycles. The van der Waals surface area contributed by atoms with Crippen molar-refractivity contribution >= 4 is 12.1 Å². The average molecular weight is 188 g/mol. The molecule has 6 heteroatoms. The minimum Gasteiger partial charge on any atom is -0.480 e. The van der Waals surface area contributed by atoms with Crippen LogP contribution in [0.25, 0.3) is 0 Å². The first-order valence-electron chi connectivity index (χ1n) is 4.00. The fourth-order valence-corrected chi connectivity index (χ4v) is 1.46. The van der Waals surface area contributed by atoms with E-state index in [4.69, 9.17) is 15.9 Å². The number of hydrogen-bond acceptors (Lipinski definition) is 3. The molecule has 0 aromatic heterocycles. The molecule has 0 spiro atoms. The molecule has 4 N–H and O–H groups in total. The number of carbonyl (C=O) groups is 2. The molecule has 1 unspecified atom stereocenters. The zero-order valence-corrected chi connectivity index (χ0v) is 7.01. The van der Waals surface area contributed by atoms with Crippen molar-refractivity contribution in [3.8, 4) is 0 Å². The molecule has 0 bridgehead atoms. The number of carboxylic acid groups (broad SMARTS) is 2. The summed E-state index contributed by atoms with van der Waals surface area (Å²) < 4.78 is 0. The van der Waals surface area contributed by atoms with Crippen LogP contribution in [-0.2, 0) is 4.79 Å². The number of aliphatic carboxylic acids is 1. The highest BCUT2D eigenvalue weighted by Crippen LogP contribution is 2.16. The van der Waals surface area contributed by atoms with E-state index in [0.29, 0.717) is 6.42 Å². The van der Waals surface area contributed by atoms with E-state index in [1.165, 1.54) is 0 Å². The van der Waals surface area contributed by atoms with Crippen molar-refractivity contribution in [2.45, 2.75) is 24.9 Å². The molecule has 0 radical (unpaired) electrons. The molecule has 1 heterocycles. The Balaban J connectivity index is 2.72. The molecule has 0 aliphatic carbocycles. The molecule has 1 amide bonds. The van der Waals surface area contributed by atoms with Crippen LogP contribution in [-0.4, -0.2) is 45.8 Å². The van der Waals surface area contributed by atoms with Gasteiger partial charge in [-0.2, -0.15) is 0 Å². The van der Waals surface area contributed by atoms with Crippen molar-refractivity contribution in [2.24, 2.45) is 5.73 Å². The fraction of sp³-hybridized carbons (Fsp3) is 0.714. The zero-order valence-electron chi connectivity index (χ0n) is 7.01. The van der Waals surface area contributed by atoms with E-state index in [-0.39, 0.29) is 19.0 Å². The zero-order chi connectivity index (χ0) is 10.0. The molecule has 13 heavy (non-hydrogen) atoms. The summed E-state index contributed by atoms with van der Waals surface area (Å²) in [7, 11) is 0. The Hall–Kier alpha value is -1.30. The third kappa shape index (κ3) is 2.09. The van der Waals surface area contributed by atoms with Gasteiger partial charge in [-0.25, -0.2) is 9.59 Å². The highest BCUT2D eigenvalue weighted by molar-refractivity contribution is 5.79. The normalized spacial score (nSPS) is 28.5. The predicted octanol–water partition coefficient (Wildman–Crippen LogP) is -0.459. The van der Waals surface area contributed by atoms with Crippen LogP contribution < -0.4 is 5.73 Å². The van der Waals surface area contributed by atoms with Crippen LogP contribution in [0.2, 0.25) is 0 Å². The molecular weight excluding hydrogens is 176 g/mol. The molecule has 1 rings (SSSR count). The lowest BCUT2D eigenvalue weighted by Gasteiger charge is -2.33. The molecule has 0 aromatic carbocycles. The van der Waals surface area contributed by atoms with Crippen LogP contribution >= 0.6 is 0 Å². The van der Waals surface area contributed by atoms with Crippen LogP contribution in [0.3, 0.4) is 0 Å². The molecule has 0 aromatic rings. The summed E-state index contributed by atoms with van der Waals surface area (Å²) >= 11 is 0. The molecule has 1 saturated heterocycles. The van der Waals surface area contributed by atoms with E-state index < -0.39 is 18.1 Å². The lowest BCUT2D eigenvalue weighted by atomic mass is 9.98. The SMILES string of the molecule is NC1CCN(C(=O)O)[C@@H](C(=O)O)C1. The van der Waals surface area contributed by atoms with Gasteiger partial charge in [0.25, 0.3) is 0 Å². The fourth-order valence-electron chi connectivity index (χ4n) is 1.46. The minimum atomic E-state index is -1.20. The summed E-state index contributed by atoms with van der Waals surface area (Å²) in [5.41, 5.74) is 5.54. The highest BCUT2D eigenvalue weighted by atomic mass is 16.4. The van der Waals surface area contributed by atoms with Crippen molar-refractivity contribution in [1.29, 1.82) is 0 Å². The first-order chi connectivity index (χ1) is 6.02. The maximum atomic E-state index is 10.7. The van der Waals surface area contributed by atoms with Crippen molar-refractivity contribution < 1.29 is 19.8 Å². The van der Waals surface area contributed by atoms with E-state index in [1.54, 1.807) is 0 Å². The van der Waals surface area contributed by atoms with E-state index in [2.05, 4.69) is 0 Å². The van der Waals surface area contributed by atoms with Gasteiger partial charge in [-0.1, -0.05) is 0 Å². The molecule has 1 aliphatic rings. The van der Waals surface area contributed by atoms with Crippen LogP contribution in [0.5, 0.6) is 0 Å². The van der Waals surface area contributed by atoms with E-state index in [0.717, 1.165) is 4.90 Å². The Kier molecular flexibility index (Phi) is 2.72. The Labute approximate surface area is 74.9 Å². The second-order valence-electron chi connectivity index (χ2n) is 3.11. The van der Waals surface area contributed by atoms with Crippen molar-refractivity contribution in [3.63, 3.8) is 0 Å². The predicted molar refractivity (Wildman–Crippen MR) is 43.4 cm³/mol. The second-order valence-corrected chi connectivity index (χ2v) is 3.11. The monoisotopic (exact) mass is 188 g/mol. The smallest absolute Gasteiger partial charge is 0.408 e. The highest BCUT2D eigenvalue weighted by Gasteiger charge is 2.34. The number of nitrogens with zero attached hydrogens (tertiary/aromatic N) is 1. The van der Waals surface area contributed by atoms with Crippen LogP contribution in [0, 0.1) is 0 Å². The van der Waals surface area contributed by atoms with Gasteiger partial charge < -0.3 is 15.9 Å². The quantitative estimate of drug-likeness (QED) is 0.516. The number of rotatable bonds is 1. The van der Waals surface area contributed by atoms with Gasteiger partial charge in [-0.15, -0.1) is 0 Å². The van der Waals surface area contributed by atoms with Gasteiger partial charge in [0.2, 0.25) is 0 Å². The maximum Gasteiger partial charge on any atom is 0.408 e. The Morgan fingerprint density at radius 1 is 1.38 bits per heavy atom. The van der Waals surface area contributed by atoms with Gasteiger partial charge in [-0.05, 0) is 12.8 Å². The number of hydrogen-bond donors (Lipinski definition) is 3. The average Bonchev–Trinajstić information content (AvgIpc) is 2.03. The minimum absolute atomic E-state index is 0.196. The number of piperidine rings is 1.